The van der Waals surface area contributed by atoms with Crippen molar-refractivity contribution in [1.29, 1.82) is 0 Å². The normalized spacial score (nSPS) is 21.6. The van der Waals surface area contributed by atoms with Crippen LogP contribution in [-0.2, 0) is 13.6 Å². The molecule has 4 rings (SSSR count). The number of pyridine rings is 1. The van der Waals surface area contributed by atoms with Crippen molar-refractivity contribution < 1.29 is 5.11 Å². The van der Waals surface area contributed by atoms with Gasteiger partial charge in [0.15, 0.2) is 0 Å². The second-order valence-electron chi connectivity index (χ2n) is 6.78. The van der Waals surface area contributed by atoms with Crippen LogP contribution in [-0.4, -0.2) is 25.3 Å². The van der Waals surface area contributed by atoms with Crippen LogP contribution in [0.2, 0.25) is 0 Å². The van der Waals surface area contributed by atoms with Gasteiger partial charge in [0, 0.05) is 23.5 Å². The van der Waals surface area contributed by atoms with Gasteiger partial charge in [-0.3, -0.25) is 14.1 Å². The van der Waals surface area contributed by atoms with Gasteiger partial charge in [-0.25, -0.2) is 4.79 Å². The Bertz CT molecular complexity index is 968. The molecule has 1 aliphatic rings. The molecular formula is C18H20BrN3O2. The Morgan fingerprint density at radius 1 is 1.29 bits per heavy atom. The van der Waals surface area contributed by atoms with Gasteiger partial charge in [-0.1, -0.05) is 15.9 Å². The summed E-state index contributed by atoms with van der Waals surface area (Å²) in [6.07, 6.45) is 5.21. The molecule has 1 fully saturated rings. The number of fused-ring (bicyclic) bond motifs is 3. The van der Waals surface area contributed by atoms with Crippen LogP contribution in [0.1, 0.15) is 25.7 Å². The maximum atomic E-state index is 12.8. The van der Waals surface area contributed by atoms with E-state index in [0.29, 0.717) is 12.5 Å². The zero-order valence-corrected chi connectivity index (χ0v) is 15.2. The Morgan fingerprint density at radius 3 is 2.79 bits per heavy atom. The van der Waals surface area contributed by atoms with Crippen molar-refractivity contribution in [3.05, 3.63) is 39.4 Å². The number of halogens is 1. The molecule has 0 atom stereocenters. The van der Waals surface area contributed by atoms with E-state index in [1.165, 1.54) is 0 Å². The summed E-state index contributed by atoms with van der Waals surface area (Å²) in [7, 11) is 1.80. The number of aromatic nitrogens is 3. The zero-order chi connectivity index (χ0) is 16.8. The lowest BCUT2D eigenvalue weighted by atomic mass is 9.87. The molecular weight excluding hydrogens is 370 g/mol. The average molecular weight is 390 g/mol. The molecule has 0 saturated heterocycles. The molecule has 1 saturated carbocycles. The van der Waals surface area contributed by atoms with Crippen LogP contribution in [0.25, 0.3) is 21.9 Å². The predicted octanol–water partition coefficient (Wildman–Crippen LogP) is 3.20. The number of rotatable bonds is 2. The number of hydrogen-bond acceptors (Lipinski definition) is 3. The molecule has 24 heavy (non-hydrogen) atoms. The second kappa shape index (κ2) is 6.01. The molecule has 0 bridgehead atoms. The first-order valence-electron chi connectivity index (χ1n) is 8.36. The molecule has 0 amide bonds. The van der Waals surface area contributed by atoms with Gasteiger partial charge in [0.2, 0.25) is 0 Å². The van der Waals surface area contributed by atoms with Crippen LogP contribution < -0.4 is 5.69 Å². The lowest BCUT2D eigenvalue weighted by molar-refractivity contribution is 0.104. The molecule has 2 heterocycles. The molecule has 0 radical (unpaired) electrons. The van der Waals surface area contributed by atoms with Gasteiger partial charge in [0.25, 0.3) is 0 Å². The molecule has 0 unspecified atom stereocenters. The fourth-order valence-electron chi connectivity index (χ4n) is 3.80. The first kappa shape index (κ1) is 15.8. The fourth-order valence-corrected chi connectivity index (χ4v) is 4.17. The van der Waals surface area contributed by atoms with Crippen LogP contribution in [0.3, 0.4) is 0 Å². The van der Waals surface area contributed by atoms with E-state index in [1.54, 1.807) is 17.8 Å². The van der Waals surface area contributed by atoms with Crippen LogP contribution >= 0.6 is 15.9 Å². The largest absolute Gasteiger partial charge is 0.393 e. The van der Waals surface area contributed by atoms with Crippen molar-refractivity contribution in [3.8, 4) is 0 Å². The second-order valence-corrected chi connectivity index (χ2v) is 7.70. The first-order valence-corrected chi connectivity index (χ1v) is 9.15. The molecule has 6 heteroatoms. The summed E-state index contributed by atoms with van der Waals surface area (Å²) >= 11 is 3.52. The van der Waals surface area contributed by atoms with Crippen LogP contribution in [0, 0.1) is 5.92 Å². The number of nitrogens with zero attached hydrogens (tertiary/aromatic N) is 3. The molecule has 2 aromatic heterocycles. The van der Waals surface area contributed by atoms with E-state index in [0.717, 1.165) is 52.1 Å². The number of imidazole rings is 1. The fraction of sp³-hybridized carbons (Fsp3) is 0.444. The number of hydrogen-bond donors (Lipinski definition) is 1. The average Bonchev–Trinajstić information content (AvgIpc) is 2.82. The summed E-state index contributed by atoms with van der Waals surface area (Å²) in [5.41, 5.74) is 2.72. The Kier molecular flexibility index (Phi) is 3.96. The van der Waals surface area contributed by atoms with Crippen molar-refractivity contribution in [2.75, 3.05) is 0 Å². The highest BCUT2D eigenvalue weighted by Crippen LogP contribution is 2.29. The highest BCUT2D eigenvalue weighted by Gasteiger charge is 2.22. The summed E-state index contributed by atoms with van der Waals surface area (Å²) < 4.78 is 4.56. The van der Waals surface area contributed by atoms with E-state index in [9.17, 15) is 9.90 Å². The van der Waals surface area contributed by atoms with Crippen molar-refractivity contribution in [3.63, 3.8) is 0 Å². The highest BCUT2D eigenvalue weighted by molar-refractivity contribution is 9.10. The summed E-state index contributed by atoms with van der Waals surface area (Å²) in [6.45, 7) is 0.703. The minimum Gasteiger partial charge on any atom is -0.393 e. The lowest BCUT2D eigenvalue weighted by Gasteiger charge is -2.25. The lowest BCUT2D eigenvalue weighted by Crippen LogP contribution is -2.28. The van der Waals surface area contributed by atoms with E-state index in [4.69, 9.17) is 0 Å². The third-order valence-corrected chi connectivity index (χ3v) is 5.68. The van der Waals surface area contributed by atoms with Gasteiger partial charge in [-0.2, -0.15) is 0 Å². The number of aryl methyl sites for hydroxylation is 1. The standard InChI is InChI=1S/C18H20BrN3O2/c1-21-16-9-20-15-7-4-12(19)8-14(15)17(16)22(18(21)24)10-11-2-5-13(23)6-3-11/h4,7-9,11,13,23H,2-3,5-6,10H2,1H3. The summed E-state index contributed by atoms with van der Waals surface area (Å²) in [5.74, 6) is 0.437. The third kappa shape index (κ3) is 2.58. The Labute approximate surface area is 148 Å². The first-order chi connectivity index (χ1) is 11.5. The minimum atomic E-state index is -0.175. The number of aliphatic hydroxyl groups is 1. The van der Waals surface area contributed by atoms with Gasteiger partial charge >= 0.3 is 5.69 Å². The van der Waals surface area contributed by atoms with Gasteiger partial charge in [-0.05, 0) is 49.8 Å². The van der Waals surface area contributed by atoms with Crippen molar-refractivity contribution in [1.82, 2.24) is 14.1 Å². The molecule has 5 nitrogen and oxygen atoms in total. The smallest absolute Gasteiger partial charge is 0.328 e. The van der Waals surface area contributed by atoms with Crippen LogP contribution in [0.5, 0.6) is 0 Å². The highest BCUT2D eigenvalue weighted by atomic mass is 79.9. The van der Waals surface area contributed by atoms with Gasteiger partial charge in [-0.15, -0.1) is 0 Å². The van der Waals surface area contributed by atoms with Gasteiger partial charge in [0.05, 0.1) is 28.9 Å². The van der Waals surface area contributed by atoms with E-state index in [2.05, 4.69) is 20.9 Å². The van der Waals surface area contributed by atoms with Crippen LogP contribution in [0.15, 0.2) is 33.7 Å². The maximum absolute atomic E-state index is 12.8. The van der Waals surface area contributed by atoms with Crippen molar-refractivity contribution in [2.45, 2.75) is 38.3 Å². The Hall–Kier alpha value is -1.66. The van der Waals surface area contributed by atoms with Gasteiger partial charge in [0.1, 0.15) is 0 Å². The summed E-state index contributed by atoms with van der Waals surface area (Å²) in [5, 5.41) is 10.7. The molecule has 0 aliphatic heterocycles. The van der Waals surface area contributed by atoms with E-state index in [-0.39, 0.29) is 11.8 Å². The summed E-state index contributed by atoms with van der Waals surface area (Å²) in [6, 6.07) is 5.97. The molecule has 1 aliphatic carbocycles. The monoisotopic (exact) mass is 389 g/mol. The maximum Gasteiger partial charge on any atom is 0.328 e. The molecule has 0 spiro atoms. The molecule has 1 N–H and O–H groups in total. The third-order valence-electron chi connectivity index (χ3n) is 5.19. The SMILES string of the molecule is Cn1c(=O)n(CC2CCC(O)CC2)c2c3cc(Br)ccc3ncc21. The number of benzene rings is 1. The van der Waals surface area contributed by atoms with Crippen molar-refractivity contribution >= 4 is 37.9 Å². The topological polar surface area (TPSA) is 60.0 Å². The summed E-state index contributed by atoms with van der Waals surface area (Å²) in [4.78, 5) is 17.3. The van der Waals surface area contributed by atoms with Crippen LogP contribution in [0.4, 0.5) is 0 Å². The molecule has 126 valence electrons. The van der Waals surface area contributed by atoms with E-state index in [1.807, 2.05) is 22.8 Å². The quantitative estimate of drug-likeness (QED) is 0.731. The van der Waals surface area contributed by atoms with E-state index >= 15 is 0 Å². The van der Waals surface area contributed by atoms with E-state index < -0.39 is 0 Å². The Morgan fingerprint density at radius 2 is 2.04 bits per heavy atom. The van der Waals surface area contributed by atoms with Gasteiger partial charge < -0.3 is 5.11 Å². The minimum absolute atomic E-state index is 0.00500. The zero-order valence-electron chi connectivity index (χ0n) is 13.6. The number of aliphatic hydroxyl groups excluding tert-OH is 1. The molecule has 1 aromatic carbocycles. The van der Waals surface area contributed by atoms with Crippen molar-refractivity contribution in [2.24, 2.45) is 13.0 Å². The molecule has 3 aromatic rings. The Balaban J connectivity index is 1.89. The predicted molar refractivity (Wildman–Crippen MR) is 98.1 cm³/mol.